The molecule has 0 saturated heterocycles. The second kappa shape index (κ2) is 6.36. The van der Waals surface area contributed by atoms with Crippen molar-refractivity contribution in [2.75, 3.05) is 6.61 Å². The van der Waals surface area contributed by atoms with E-state index < -0.39 is 5.97 Å². The molecule has 0 aliphatic heterocycles. The Bertz CT molecular complexity index is 656. The first-order valence-corrected chi connectivity index (χ1v) is 10.1. The zero-order valence-electron chi connectivity index (χ0n) is 15.9. The zero-order valence-corrected chi connectivity index (χ0v) is 15.9. The normalized spacial score (nSPS) is 46.1. The first kappa shape index (κ1) is 18.0. The number of carbonyl (C=O) groups is 1. The van der Waals surface area contributed by atoms with Gasteiger partial charge in [-0.1, -0.05) is 24.6 Å². The molecule has 0 aromatic rings. The van der Waals surface area contributed by atoms with E-state index in [4.69, 9.17) is 9.94 Å². The highest BCUT2D eigenvalue weighted by Gasteiger charge is 2.58. The molecule has 2 N–H and O–H groups in total. The van der Waals surface area contributed by atoms with E-state index in [-0.39, 0.29) is 23.5 Å². The molecule has 0 unspecified atom stereocenters. The van der Waals surface area contributed by atoms with Gasteiger partial charge in [0.1, 0.15) is 0 Å². The van der Waals surface area contributed by atoms with Crippen LogP contribution in [0.4, 0.5) is 0 Å². The summed E-state index contributed by atoms with van der Waals surface area (Å²) in [7, 11) is 0. The SMILES string of the molecule is C[C@]12CC[C@H]3[C@H](CCC4=C/C(=N\OCC(=O)O)CC[C@@]43C)[C@@H]1CC[C@@H]2O. The molecule has 0 radical (unpaired) electrons. The van der Waals surface area contributed by atoms with Crippen LogP contribution in [0.15, 0.2) is 16.8 Å². The number of hydrogen-bond acceptors (Lipinski definition) is 4. The summed E-state index contributed by atoms with van der Waals surface area (Å²) in [5, 5.41) is 23.3. The minimum Gasteiger partial charge on any atom is -0.479 e. The molecule has 0 aromatic carbocycles. The van der Waals surface area contributed by atoms with Crippen LogP contribution in [0.5, 0.6) is 0 Å². The van der Waals surface area contributed by atoms with Crippen LogP contribution < -0.4 is 0 Å². The summed E-state index contributed by atoms with van der Waals surface area (Å²) < 4.78 is 0. The smallest absolute Gasteiger partial charge is 0.344 e. The Kier molecular flexibility index (Phi) is 4.41. The maximum Gasteiger partial charge on any atom is 0.344 e. The third-order valence-electron chi connectivity index (χ3n) is 8.30. The van der Waals surface area contributed by atoms with Crippen molar-refractivity contribution in [3.05, 3.63) is 11.6 Å². The number of hydrogen-bond donors (Lipinski definition) is 2. The molecule has 0 aromatic heterocycles. The van der Waals surface area contributed by atoms with Gasteiger partial charge in [0.15, 0.2) is 0 Å². The first-order valence-electron chi connectivity index (χ1n) is 10.1. The largest absolute Gasteiger partial charge is 0.479 e. The second-order valence-electron chi connectivity index (χ2n) is 9.39. The van der Waals surface area contributed by atoms with Crippen LogP contribution in [0.2, 0.25) is 0 Å². The summed E-state index contributed by atoms with van der Waals surface area (Å²) in [6.07, 6.45) is 10.8. The van der Waals surface area contributed by atoms with Crippen LogP contribution in [-0.2, 0) is 9.63 Å². The van der Waals surface area contributed by atoms with Crippen molar-refractivity contribution >= 4 is 11.7 Å². The van der Waals surface area contributed by atoms with Gasteiger partial charge in [-0.15, -0.1) is 0 Å². The standard InChI is InChI=1S/C21H31NO4/c1-20-9-7-14(22-26-12-19(24)25)11-13(20)3-4-15-16-5-6-18(23)21(16,2)10-8-17(15)20/h11,15-18,23H,3-10,12H2,1-2H3,(H,24,25)/b22-14-/t15-,16+,17+,18+,20+,21+/m1/s1. The molecule has 3 saturated carbocycles. The van der Waals surface area contributed by atoms with E-state index in [1.165, 1.54) is 24.8 Å². The highest BCUT2D eigenvalue weighted by atomic mass is 16.6. The van der Waals surface area contributed by atoms with Gasteiger partial charge in [0.05, 0.1) is 11.8 Å². The molecule has 0 amide bonds. The number of carboxylic acids is 1. The van der Waals surface area contributed by atoms with Gasteiger partial charge >= 0.3 is 5.97 Å². The van der Waals surface area contributed by atoms with Gasteiger partial charge in [-0.2, -0.15) is 0 Å². The summed E-state index contributed by atoms with van der Waals surface area (Å²) >= 11 is 0. The summed E-state index contributed by atoms with van der Waals surface area (Å²) in [5.74, 6) is 1.11. The van der Waals surface area contributed by atoms with Gasteiger partial charge in [0.2, 0.25) is 6.61 Å². The predicted molar refractivity (Wildman–Crippen MR) is 98.7 cm³/mol. The van der Waals surface area contributed by atoms with E-state index in [9.17, 15) is 9.90 Å². The lowest BCUT2D eigenvalue weighted by Gasteiger charge is -2.57. The van der Waals surface area contributed by atoms with E-state index >= 15 is 0 Å². The molecule has 0 heterocycles. The molecular weight excluding hydrogens is 330 g/mol. The van der Waals surface area contributed by atoms with Crippen LogP contribution in [0.1, 0.15) is 65.2 Å². The summed E-state index contributed by atoms with van der Waals surface area (Å²) in [5.41, 5.74) is 2.72. The van der Waals surface area contributed by atoms with E-state index in [1.807, 2.05) is 0 Å². The number of carboxylic acid groups (broad SMARTS) is 1. The molecule has 4 rings (SSSR count). The predicted octanol–water partition coefficient (Wildman–Crippen LogP) is 3.77. The van der Waals surface area contributed by atoms with Crippen molar-refractivity contribution in [1.82, 2.24) is 0 Å². The lowest BCUT2D eigenvalue weighted by atomic mass is 9.47. The average Bonchev–Trinajstić information content (AvgIpc) is 2.90. The van der Waals surface area contributed by atoms with Crippen molar-refractivity contribution in [1.29, 1.82) is 0 Å². The number of aliphatic hydroxyl groups is 1. The van der Waals surface area contributed by atoms with Gasteiger partial charge in [-0.25, -0.2) is 4.79 Å². The van der Waals surface area contributed by atoms with Gasteiger partial charge in [-0.3, -0.25) is 0 Å². The number of nitrogens with zero attached hydrogens (tertiary/aromatic N) is 1. The summed E-state index contributed by atoms with van der Waals surface area (Å²) in [6, 6.07) is 0. The van der Waals surface area contributed by atoms with E-state index in [1.54, 1.807) is 0 Å². The number of aliphatic carboxylic acids is 1. The van der Waals surface area contributed by atoms with Crippen molar-refractivity contribution < 1.29 is 19.8 Å². The van der Waals surface area contributed by atoms with Gasteiger partial charge in [0.25, 0.3) is 0 Å². The van der Waals surface area contributed by atoms with E-state index in [2.05, 4.69) is 25.1 Å². The lowest BCUT2D eigenvalue weighted by Crippen LogP contribution is -2.51. The van der Waals surface area contributed by atoms with Crippen molar-refractivity contribution in [2.45, 2.75) is 71.3 Å². The zero-order chi connectivity index (χ0) is 18.5. The van der Waals surface area contributed by atoms with E-state index in [0.29, 0.717) is 11.8 Å². The molecule has 4 aliphatic carbocycles. The second-order valence-corrected chi connectivity index (χ2v) is 9.39. The van der Waals surface area contributed by atoms with Crippen LogP contribution in [-0.4, -0.2) is 34.6 Å². The Morgan fingerprint density at radius 3 is 2.77 bits per heavy atom. The Morgan fingerprint density at radius 1 is 1.19 bits per heavy atom. The quantitative estimate of drug-likeness (QED) is 0.750. The third-order valence-corrected chi connectivity index (χ3v) is 8.30. The average molecular weight is 361 g/mol. The van der Waals surface area contributed by atoms with Crippen LogP contribution >= 0.6 is 0 Å². The lowest BCUT2D eigenvalue weighted by molar-refractivity contribution is -0.142. The number of aliphatic hydroxyl groups excluding tert-OH is 1. The third kappa shape index (κ3) is 2.70. The molecular formula is C21H31NO4. The summed E-state index contributed by atoms with van der Waals surface area (Å²) in [4.78, 5) is 15.5. The van der Waals surface area contributed by atoms with E-state index in [0.717, 1.165) is 43.7 Å². The molecule has 5 heteroatoms. The number of rotatable bonds is 3. The Hall–Kier alpha value is -1.36. The number of allylic oxidation sites excluding steroid dienone is 2. The molecule has 26 heavy (non-hydrogen) atoms. The molecule has 0 bridgehead atoms. The maximum atomic E-state index is 10.6. The molecule has 0 spiro atoms. The van der Waals surface area contributed by atoms with Crippen molar-refractivity contribution in [3.8, 4) is 0 Å². The fraction of sp³-hybridized carbons (Fsp3) is 0.810. The van der Waals surface area contributed by atoms with Crippen LogP contribution in [0.25, 0.3) is 0 Å². The highest BCUT2D eigenvalue weighted by molar-refractivity contribution is 5.96. The van der Waals surface area contributed by atoms with Crippen LogP contribution in [0.3, 0.4) is 0 Å². The minimum atomic E-state index is -0.993. The van der Waals surface area contributed by atoms with Crippen molar-refractivity contribution in [2.24, 2.45) is 33.7 Å². The Morgan fingerprint density at radius 2 is 2.00 bits per heavy atom. The Balaban J connectivity index is 1.55. The number of fused-ring (bicyclic) bond motifs is 5. The maximum absolute atomic E-state index is 10.6. The first-order chi connectivity index (χ1) is 12.3. The fourth-order valence-electron chi connectivity index (χ4n) is 6.79. The molecule has 5 nitrogen and oxygen atoms in total. The molecule has 144 valence electrons. The summed E-state index contributed by atoms with van der Waals surface area (Å²) in [6.45, 7) is 4.38. The monoisotopic (exact) mass is 361 g/mol. The Labute approximate surface area is 155 Å². The van der Waals surface area contributed by atoms with Crippen LogP contribution in [0, 0.1) is 28.6 Å². The van der Waals surface area contributed by atoms with Crippen molar-refractivity contribution in [3.63, 3.8) is 0 Å². The molecule has 4 aliphatic rings. The topological polar surface area (TPSA) is 79.1 Å². The fourth-order valence-corrected chi connectivity index (χ4v) is 6.79. The number of oxime groups is 1. The van der Waals surface area contributed by atoms with Gasteiger partial charge < -0.3 is 15.1 Å². The minimum absolute atomic E-state index is 0.116. The molecule has 3 fully saturated rings. The highest BCUT2D eigenvalue weighted by Crippen LogP contribution is 2.65. The van der Waals surface area contributed by atoms with Gasteiger partial charge in [0, 0.05) is 0 Å². The molecule has 6 atom stereocenters. The van der Waals surface area contributed by atoms with Gasteiger partial charge in [-0.05, 0) is 86.0 Å².